The lowest BCUT2D eigenvalue weighted by atomic mass is 10.1. The maximum atomic E-state index is 13.2. The summed E-state index contributed by atoms with van der Waals surface area (Å²) in [6, 6.07) is 8.63. The molecule has 0 aliphatic rings. The van der Waals surface area contributed by atoms with Crippen LogP contribution in [-0.2, 0) is 23.9 Å². The molecule has 0 spiro atoms. The molecule has 1 aromatic heterocycles. The smallest absolute Gasteiger partial charge is 0.354 e. The number of carbonyl (C=O) groups excluding carboxylic acids is 1. The zero-order chi connectivity index (χ0) is 22.5. The van der Waals surface area contributed by atoms with E-state index < -0.39 is 30.5 Å². The van der Waals surface area contributed by atoms with E-state index in [1.165, 1.54) is 12.3 Å². The molecule has 0 aliphatic carbocycles. The fourth-order valence-electron chi connectivity index (χ4n) is 2.54. The molecule has 1 aromatic carbocycles. The van der Waals surface area contributed by atoms with Gasteiger partial charge in [0.15, 0.2) is 0 Å². The first-order valence-corrected chi connectivity index (χ1v) is 11.9. The Balaban J connectivity index is 2.46. The fraction of sp³-hybridized carbons (Fsp3) is 0.333. The first-order chi connectivity index (χ1) is 13.9. The van der Waals surface area contributed by atoms with Gasteiger partial charge in [-0.05, 0) is 36.6 Å². The lowest BCUT2D eigenvalue weighted by Gasteiger charge is -2.24. The highest BCUT2D eigenvalue weighted by Gasteiger charge is 2.34. The normalized spacial score (nSPS) is 12.1. The number of aromatic nitrogens is 1. The van der Waals surface area contributed by atoms with Crippen molar-refractivity contribution in [1.82, 2.24) is 9.29 Å². The largest absolute Gasteiger partial charge is 0.471 e. The predicted octanol–water partition coefficient (Wildman–Crippen LogP) is 2.76. The number of nitrogens with one attached hydrogen (secondary N) is 1. The summed E-state index contributed by atoms with van der Waals surface area (Å²) in [5.41, 5.74) is 1.71. The second kappa shape index (κ2) is 9.67. The summed E-state index contributed by atoms with van der Waals surface area (Å²) in [5.74, 6) is -1.05. The van der Waals surface area contributed by atoms with Gasteiger partial charge in [0.2, 0.25) is 5.91 Å². The third-order valence-corrected chi connectivity index (χ3v) is 6.08. The van der Waals surface area contributed by atoms with E-state index in [2.05, 4.69) is 14.8 Å². The Labute approximate surface area is 175 Å². The first kappa shape index (κ1) is 24.0. The van der Waals surface area contributed by atoms with Crippen LogP contribution in [-0.4, -0.2) is 40.1 Å². The van der Waals surface area contributed by atoms with Crippen LogP contribution in [0.25, 0.3) is 0 Å². The SMILES string of the molecule is Cc1cccc(Nc2ccncc2S(=O)(=O)N(COP(=O)(O)O)C(=O)CC(C)C)c1. The number of rotatable bonds is 9. The van der Waals surface area contributed by atoms with Crippen molar-refractivity contribution in [2.24, 2.45) is 5.92 Å². The number of benzene rings is 1. The Morgan fingerprint density at radius 2 is 2.00 bits per heavy atom. The average molecular weight is 457 g/mol. The maximum Gasteiger partial charge on any atom is 0.471 e. The number of phosphoric acid groups is 1. The Morgan fingerprint density at radius 3 is 2.60 bits per heavy atom. The highest BCUT2D eigenvalue weighted by Crippen LogP contribution is 2.37. The quantitative estimate of drug-likeness (QED) is 0.382. The Hall–Kier alpha value is -2.30. The third-order valence-electron chi connectivity index (χ3n) is 3.85. The zero-order valence-corrected chi connectivity index (χ0v) is 18.4. The van der Waals surface area contributed by atoms with Gasteiger partial charge in [-0.3, -0.25) is 14.3 Å². The van der Waals surface area contributed by atoms with Crippen molar-refractivity contribution in [2.45, 2.75) is 32.1 Å². The summed E-state index contributed by atoms with van der Waals surface area (Å²) in [6.07, 6.45) is 2.27. The van der Waals surface area contributed by atoms with Gasteiger partial charge in [-0.2, -0.15) is 0 Å². The molecule has 0 radical (unpaired) electrons. The van der Waals surface area contributed by atoms with Gasteiger partial charge in [-0.15, -0.1) is 0 Å². The molecular weight excluding hydrogens is 433 g/mol. The van der Waals surface area contributed by atoms with Gasteiger partial charge in [0.05, 0.1) is 5.69 Å². The summed E-state index contributed by atoms with van der Waals surface area (Å²) in [6.45, 7) is 4.17. The van der Waals surface area contributed by atoms with E-state index in [0.717, 1.165) is 11.8 Å². The van der Waals surface area contributed by atoms with E-state index >= 15 is 0 Å². The predicted molar refractivity (Wildman–Crippen MR) is 110 cm³/mol. The topological polar surface area (TPSA) is 146 Å². The number of hydrogen-bond donors (Lipinski definition) is 3. The number of amides is 1. The minimum absolute atomic E-state index is 0.147. The van der Waals surface area contributed by atoms with Crippen molar-refractivity contribution < 1.29 is 32.1 Å². The van der Waals surface area contributed by atoms with Gasteiger partial charge in [0.1, 0.15) is 11.6 Å². The van der Waals surface area contributed by atoms with Crippen LogP contribution in [0.15, 0.2) is 47.6 Å². The molecule has 10 nitrogen and oxygen atoms in total. The van der Waals surface area contributed by atoms with Crippen molar-refractivity contribution >= 4 is 35.1 Å². The van der Waals surface area contributed by atoms with Crippen LogP contribution in [0.4, 0.5) is 11.4 Å². The Kier molecular flexibility index (Phi) is 7.73. The number of anilines is 2. The molecule has 164 valence electrons. The summed E-state index contributed by atoms with van der Waals surface area (Å²) < 4.78 is 42.2. The number of phosphoric ester groups is 1. The number of nitrogens with zero attached hydrogens (tertiary/aromatic N) is 2. The first-order valence-electron chi connectivity index (χ1n) is 8.93. The third kappa shape index (κ3) is 6.61. The lowest BCUT2D eigenvalue weighted by Crippen LogP contribution is -2.39. The maximum absolute atomic E-state index is 13.2. The van der Waals surface area contributed by atoms with Gasteiger partial charge in [0, 0.05) is 24.5 Å². The van der Waals surface area contributed by atoms with Gasteiger partial charge in [-0.1, -0.05) is 26.0 Å². The number of sulfonamides is 1. The van der Waals surface area contributed by atoms with Crippen LogP contribution in [0.2, 0.25) is 0 Å². The standard InChI is InChI=1S/C18H24N3O7PS/c1-13(2)9-18(22)21(12-28-29(23,24)25)30(26,27)17-11-19-8-7-16(17)20-15-6-4-5-14(3)10-15/h4-8,10-11,13H,9,12H2,1-3H3,(H,19,20)(H2,23,24,25). The number of carbonyl (C=O) groups is 1. The highest BCUT2D eigenvalue weighted by molar-refractivity contribution is 7.89. The van der Waals surface area contributed by atoms with Crippen molar-refractivity contribution in [3.63, 3.8) is 0 Å². The highest BCUT2D eigenvalue weighted by atomic mass is 32.2. The van der Waals surface area contributed by atoms with Crippen molar-refractivity contribution in [1.29, 1.82) is 0 Å². The molecule has 0 unspecified atom stereocenters. The van der Waals surface area contributed by atoms with Crippen LogP contribution < -0.4 is 5.32 Å². The van der Waals surface area contributed by atoms with Gasteiger partial charge in [0.25, 0.3) is 10.0 Å². The summed E-state index contributed by atoms with van der Waals surface area (Å²) in [5, 5.41) is 2.97. The monoisotopic (exact) mass is 457 g/mol. The van der Waals surface area contributed by atoms with Crippen LogP contribution in [0, 0.1) is 12.8 Å². The second-order valence-corrected chi connectivity index (χ2v) is 10.0. The Bertz CT molecular complexity index is 1050. The lowest BCUT2D eigenvalue weighted by molar-refractivity contribution is -0.129. The van der Waals surface area contributed by atoms with Crippen molar-refractivity contribution in [3.8, 4) is 0 Å². The molecule has 2 rings (SSSR count). The number of pyridine rings is 1. The molecular formula is C18H24N3O7PS. The molecule has 0 aliphatic heterocycles. The van der Waals surface area contributed by atoms with Gasteiger partial charge in [-0.25, -0.2) is 17.3 Å². The molecule has 1 amide bonds. The van der Waals surface area contributed by atoms with E-state index in [9.17, 15) is 17.8 Å². The summed E-state index contributed by atoms with van der Waals surface area (Å²) in [7, 11) is -9.56. The van der Waals surface area contributed by atoms with Crippen LogP contribution in [0.5, 0.6) is 0 Å². The molecule has 2 aromatic rings. The van der Waals surface area contributed by atoms with E-state index in [-0.39, 0.29) is 22.9 Å². The molecule has 1 heterocycles. The second-order valence-electron chi connectivity index (χ2n) is 6.96. The van der Waals surface area contributed by atoms with E-state index in [1.807, 2.05) is 13.0 Å². The van der Waals surface area contributed by atoms with Gasteiger partial charge >= 0.3 is 7.82 Å². The molecule has 3 N–H and O–H groups in total. The van der Waals surface area contributed by atoms with Crippen molar-refractivity contribution in [3.05, 3.63) is 48.3 Å². The van der Waals surface area contributed by atoms with Gasteiger partial charge < -0.3 is 15.1 Å². The molecule has 12 heteroatoms. The van der Waals surface area contributed by atoms with E-state index in [1.54, 1.807) is 32.0 Å². The molecule has 0 saturated carbocycles. The zero-order valence-electron chi connectivity index (χ0n) is 16.7. The van der Waals surface area contributed by atoms with E-state index in [4.69, 9.17) is 9.79 Å². The van der Waals surface area contributed by atoms with Crippen molar-refractivity contribution in [2.75, 3.05) is 12.0 Å². The Morgan fingerprint density at radius 1 is 1.30 bits per heavy atom. The summed E-state index contributed by atoms with van der Waals surface area (Å²) in [4.78, 5) is 34.0. The van der Waals surface area contributed by atoms with Crippen LogP contribution in [0.1, 0.15) is 25.8 Å². The number of hydrogen-bond acceptors (Lipinski definition) is 7. The van der Waals surface area contributed by atoms with Crippen LogP contribution in [0.3, 0.4) is 0 Å². The molecule has 0 saturated heterocycles. The van der Waals surface area contributed by atoms with Crippen LogP contribution >= 0.6 is 7.82 Å². The minimum Gasteiger partial charge on any atom is -0.354 e. The molecule has 30 heavy (non-hydrogen) atoms. The molecule has 0 atom stereocenters. The average Bonchev–Trinajstić information content (AvgIpc) is 2.60. The molecule has 0 fully saturated rings. The molecule has 0 bridgehead atoms. The number of aryl methyl sites for hydroxylation is 1. The fourth-order valence-corrected chi connectivity index (χ4v) is 4.25. The van der Waals surface area contributed by atoms with E-state index in [0.29, 0.717) is 9.99 Å². The summed E-state index contributed by atoms with van der Waals surface area (Å²) >= 11 is 0. The minimum atomic E-state index is -5.02.